The Morgan fingerprint density at radius 1 is 1.38 bits per heavy atom. The molecule has 0 spiro atoms. The number of ether oxygens (including phenoxy) is 1. The standard InChI is InChI=1S/C14H20N2O3S2/c1-10(7-8-19-2)16-21(17,18)14-11-5-3-4-6-12(11)20-13(14)9-15/h3-6,10,16H,7-9,15H2,1-2H3. The van der Waals surface area contributed by atoms with Crippen LogP contribution in [0.15, 0.2) is 29.2 Å². The van der Waals surface area contributed by atoms with Gasteiger partial charge in [-0.1, -0.05) is 18.2 Å². The molecule has 1 unspecified atom stereocenters. The minimum atomic E-state index is -3.59. The molecule has 1 heterocycles. The number of thiophene rings is 1. The van der Waals surface area contributed by atoms with Gasteiger partial charge in [-0.3, -0.25) is 0 Å². The van der Waals surface area contributed by atoms with Crippen LogP contribution in [0.5, 0.6) is 0 Å². The van der Waals surface area contributed by atoms with Gasteiger partial charge < -0.3 is 10.5 Å². The van der Waals surface area contributed by atoms with Gasteiger partial charge in [-0.15, -0.1) is 11.3 Å². The summed E-state index contributed by atoms with van der Waals surface area (Å²) < 4.78 is 33.9. The molecule has 0 saturated heterocycles. The van der Waals surface area contributed by atoms with Gasteiger partial charge in [0.05, 0.1) is 0 Å². The normalized spacial score (nSPS) is 13.7. The Morgan fingerprint density at radius 3 is 2.76 bits per heavy atom. The van der Waals surface area contributed by atoms with Crippen LogP contribution < -0.4 is 10.5 Å². The summed E-state index contributed by atoms with van der Waals surface area (Å²) >= 11 is 1.43. The molecule has 0 aliphatic heterocycles. The largest absolute Gasteiger partial charge is 0.385 e. The lowest BCUT2D eigenvalue weighted by molar-refractivity contribution is 0.188. The van der Waals surface area contributed by atoms with E-state index in [1.165, 1.54) is 11.3 Å². The lowest BCUT2D eigenvalue weighted by Gasteiger charge is -2.14. The first-order chi connectivity index (χ1) is 9.99. The molecule has 0 aliphatic carbocycles. The maximum absolute atomic E-state index is 12.7. The number of nitrogens with two attached hydrogens (primary N) is 1. The Balaban J connectivity index is 2.39. The van der Waals surface area contributed by atoms with Crippen LogP contribution in [0.1, 0.15) is 18.2 Å². The first kappa shape index (κ1) is 16.4. The van der Waals surface area contributed by atoms with Gasteiger partial charge in [0.15, 0.2) is 0 Å². The molecular formula is C14H20N2O3S2. The van der Waals surface area contributed by atoms with Gasteiger partial charge >= 0.3 is 0 Å². The molecule has 116 valence electrons. The fraction of sp³-hybridized carbons (Fsp3) is 0.429. The number of fused-ring (bicyclic) bond motifs is 1. The number of rotatable bonds is 7. The zero-order valence-corrected chi connectivity index (χ0v) is 13.8. The third kappa shape index (κ3) is 3.61. The van der Waals surface area contributed by atoms with E-state index in [0.717, 1.165) is 10.1 Å². The molecule has 0 amide bonds. The van der Waals surface area contributed by atoms with Crippen LogP contribution in [0.4, 0.5) is 0 Å². The fourth-order valence-corrected chi connectivity index (χ4v) is 5.29. The van der Waals surface area contributed by atoms with Crippen LogP contribution in [-0.2, 0) is 21.3 Å². The van der Waals surface area contributed by atoms with Crippen LogP contribution in [0.3, 0.4) is 0 Å². The Hall–Kier alpha value is -0.990. The van der Waals surface area contributed by atoms with E-state index >= 15 is 0 Å². The second-order valence-electron chi connectivity index (χ2n) is 4.86. The van der Waals surface area contributed by atoms with Crippen molar-refractivity contribution in [2.24, 2.45) is 5.73 Å². The lowest BCUT2D eigenvalue weighted by atomic mass is 10.2. The monoisotopic (exact) mass is 328 g/mol. The topological polar surface area (TPSA) is 81.4 Å². The average Bonchev–Trinajstić information content (AvgIpc) is 2.83. The summed E-state index contributed by atoms with van der Waals surface area (Å²) in [6.45, 7) is 2.55. The minimum absolute atomic E-state index is 0.195. The van der Waals surface area contributed by atoms with Crippen LogP contribution >= 0.6 is 11.3 Å². The van der Waals surface area contributed by atoms with E-state index in [1.807, 2.05) is 31.2 Å². The molecule has 21 heavy (non-hydrogen) atoms. The quantitative estimate of drug-likeness (QED) is 0.815. The van der Waals surface area contributed by atoms with E-state index in [0.29, 0.717) is 22.8 Å². The van der Waals surface area contributed by atoms with Crippen molar-refractivity contribution in [3.05, 3.63) is 29.1 Å². The molecule has 7 heteroatoms. The zero-order chi connectivity index (χ0) is 15.5. The summed E-state index contributed by atoms with van der Waals surface area (Å²) in [5.74, 6) is 0. The smallest absolute Gasteiger partial charge is 0.242 e. The molecule has 5 nitrogen and oxygen atoms in total. The molecule has 1 aromatic carbocycles. The average molecular weight is 328 g/mol. The highest BCUT2D eigenvalue weighted by molar-refractivity contribution is 7.90. The molecule has 0 radical (unpaired) electrons. The van der Waals surface area contributed by atoms with E-state index in [1.54, 1.807) is 7.11 Å². The van der Waals surface area contributed by atoms with Crippen molar-refractivity contribution < 1.29 is 13.2 Å². The Kier molecular flexibility index (Phi) is 5.34. The molecule has 0 saturated carbocycles. The van der Waals surface area contributed by atoms with Crippen molar-refractivity contribution in [3.63, 3.8) is 0 Å². The minimum Gasteiger partial charge on any atom is -0.385 e. The predicted molar refractivity (Wildman–Crippen MR) is 86.0 cm³/mol. The van der Waals surface area contributed by atoms with Crippen LogP contribution in [-0.4, -0.2) is 28.2 Å². The van der Waals surface area contributed by atoms with Gasteiger partial charge in [-0.25, -0.2) is 13.1 Å². The van der Waals surface area contributed by atoms with Crippen LogP contribution in [0, 0.1) is 0 Å². The number of sulfonamides is 1. The Bertz CT molecular complexity index is 710. The summed E-state index contributed by atoms with van der Waals surface area (Å²) in [6.07, 6.45) is 0.621. The van der Waals surface area contributed by atoms with E-state index in [2.05, 4.69) is 4.72 Å². The second kappa shape index (κ2) is 6.85. The fourth-order valence-electron chi connectivity index (χ4n) is 2.18. The van der Waals surface area contributed by atoms with Gasteiger partial charge in [0.1, 0.15) is 4.90 Å². The van der Waals surface area contributed by atoms with Crippen LogP contribution in [0.2, 0.25) is 0 Å². The molecule has 1 aromatic heterocycles. The summed E-state index contributed by atoms with van der Waals surface area (Å²) in [5.41, 5.74) is 5.72. The van der Waals surface area contributed by atoms with E-state index in [9.17, 15) is 8.42 Å². The highest BCUT2D eigenvalue weighted by Crippen LogP contribution is 2.34. The zero-order valence-electron chi connectivity index (χ0n) is 12.1. The van der Waals surface area contributed by atoms with Crippen molar-refractivity contribution in [2.75, 3.05) is 13.7 Å². The second-order valence-corrected chi connectivity index (χ2v) is 7.65. The maximum Gasteiger partial charge on any atom is 0.242 e. The van der Waals surface area contributed by atoms with Gasteiger partial charge in [-0.05, 0) is 19.4 Å². The van der Waals surface area contributed by atoms with Gasteiger partial charge in [0, 0.05) is 41.3 Å². The van der Waals surface area contributed by atoms with Crippen molar-refractivity contribution in [3.8, 4) is 0 Å². The molecule has 0 fully saturated rings. The SMILES string of the molecule is COCCC(C)NS(=O)(=O)c1c(CN)sc2ccccc12. The molecule has 3 N–H and O–H groups in total. The predicted octanol–water partition coefficient (Wildman–Crippen LogP) is 2.06. The number of nitrogens with one attached hydrogen (secondary N) is 1. The van der Waals surface area contributed by atoms with Crippen molar-refractivity contribution in [1.29, 1.82) is 0 Å². The molecular weight excluding hydrogens is 308 g/mol. The summed E-state index contributed by atoms with van der Waals surface area (Å²) in [5, 5.41) is 0.731. The van der Waals surface area contributed by atoms with E-state index in [-0.39, 0.29) is 12.6 Å². The highest BCUT2D eigenvalue weighted by Gasteiger charge is 2.25. The summed E-state index contributed by atoms with van der Waals surface area (Å²) in [4.78, 5) is 0.998. The molecule has 0 bridgehead atoms. The molecule has 1 atom stereocenters. The molecule has 2 aromatic rings. The lowest BCUT2D eigenvalue weighted by Crippen LogP contribution is -2.33. The molecule has 0 aliphatic rings. The van der Waals surface area contributed by atoms with E-state index < -0.39 is 10.0 Å². The highest BCUT2D eigenvalue weighted by atomic mass is 32.2. The van der Waals surface area contributed by atoms with Crippen molar-refractivity contribution in [2.45, 2.75) is 30.8 Å². The first-order valence-electron chi connectivity index (χ1n) is 6.71. The van der Waals surface area contributed by atoms with E-state index in [4.69, 9.17) is 10.5 Å². The summed E-state index contributed by atoms with van der Waals surface area (Å²) in [6, 6.07) is 7.26. The van der Waals surface area contributed by atoms with Gasteiger partial charge in [-0.2, -0.15) is 0 Å². The van der Waals surface area contributed by atoms with Gasteiger partial charge in [0.2, 0.25) is 10.0 Å². The number of hydrogen-bond donors (Lipinski definition) is 2. The Labute approximate surface area is 129 Å². The Morgan fingerprint density at radius 2 is 2.10 bits per heavy atom. The number of methoxy groups -OCH3 is 1. The third-order valence-electron chi connectivity index (χ3n) is 3.18. The summed E-state index contributed by atoms with van der Waals surface area (Å²) in [7, 11) is -1.99. The number of hydrogen-bond acceptors (Lipinski definition) is 5. The maximum atomic E-state index is 12.7. The third-order valence-corrected chi connectivity index (χ3v) is 6.22. The van der Waals surface area contributed by atoms with Crippen molar-refractivity contribution in [1.82, 2.24) is 4.72 Å². The number of benzene rings is 1. The van der Waals surface area contributed by atoms with Crippen LogP contribution in [0.25, 0.3) is 10.1 Å². The molecule has 2 rings (SSSR count). The van der Waals surface area contributed by atoms with Crippen molar-refractivity contribution >= 4 is 31.4 Å². The first-order valence-corrected chi connectivity index (χ1v) is 9.01. The van der Waals surface area contributed by atoms with Gasteiger partial charge in [0.25, 0.3) is 0 Å².